The Morgan fingerprint density at radius 3 is 2.07 bits per heavy atom. The van der Waals surface area contributed by atoms with Crippen LogP contribution < -0.4 is 10.2 Å². The summed E-state index contributed by atoms with van der Waals surface area (Å²) in [6, 6.07) is 27.0. The molecular formula is C34H37N5O4S. The van der Waals surface area contributed by atoms with Gasteiger partial charge in [-0.1, -0.05) is 42.0 Å². The van der Waals surface area contributed by atoms with Crippen LogP contribution in [0.5, 0.6) is 0 Å². The number of likely N-dealkylation sites (tertiary alicyclic amines) is 1. The SMILES string of the molecule is Cc1ccc(CN2CCN(c3ccc4oc(C(=O)NC5CCN(Cc6ccc(C#N)cc6)CC5)cc4c3)CC2)cc1.O=S=O. The lowest BCUT2D eigenvalue weighted by Gasteiger charge is -2.36. The van der Waals surface area contributed by atoms with Gasteiger partial charge in [-0.3, -0.25) is 14.6 Å². The first kappa shape index (κ1) is 31.1. The number of hydrogen-bond donors (Lipinski definition) is 1. The van der Waals surface area contributed by atoms with Crippen molar-refractivity contribution in [3.05, 3.63) is 101 Å². The van der Waals surface area contributed by atoms with Crippen molar-refractivity contribution in [2.75, 3.05) is 44.2 Å². The van der Waals surface area contributed by atoms with E-state index in [1.54, 1.807) is 0 Å². The molecule has 0 aliphatic carbocycles. The average Bonchev–Trinajstić information content (AvgIpc) is 3.48. The fourth-order valence-electron chi connectivity index (χ4n) is 5.89. The van der Waals surface area contributed by atoms with Crippen LogP contribution in [0.1, 0.15) is 45.7 Å². The van der Waals surface area contributed by atoms with Gasteiger partial charge >= 0.3 is 11.6 Å². The minimum Gasteiger partial charge on any atom is -0.451 e. The van der Waals surface area contributed by atoms with Crippen LogP contribution in [-0.4, -0.2) is 69.4 Å². The summed E-state index contributed by atoms with van der Waals surface area (Å²) in [5.41, 5.74) is 6.47. The molecule has 0 atom stereocenters. The number of piperidine rings is 1. The molecule has 1 amide bonds. The highest BCUT2D eigenvalue weighted by Gasteiger charge is 2.23. The summed E-state index contributed by atoms with van der Waals surface area (Å²) in [6.07, 6.45) is 1.81. The molecule has 2 fully saturated rings. The van der Waals surface area contributed by atoms with Crippen molar-refractivity contribution in [3.63, 3.8) is 0 Å². The minimum absolute atomic E-state index is 0.139. The Morgan fingerprint density at radius 2 is 1.45 bits per heavy atom. The van der Waals surface area contributed by atoms with E-state index in [-0.39, 0.29) is 11.9 Å². The summed E-state index contributed by atoms with van der Waals surface area (Å²) >= 11 is -0.750. The molecule has 0 saturated carbocycles. The van der Waals surface area contributed by atoms with Gasteiger partial charge in [0.1, 0.15) is 5.58 Å². The van der Waals surface area contributed by atoms with Crippen LogP contribution in [0.25, 0.3) is 11.0 Å². The van der Waals surface area contributed by atoms with Crippen LogP contribution >= 0.6 is 0 Å². The zero-order valence-electron chi connectivity index (χ0n) is 24.9. The second kappa shape index (κ2) is 14.9. The van der Waals surface area contributed by atoms with Crippen molar-refractivity contribution in [1.82, 2.24) is 15.1 Å². The number of carbonyl (C=O) groups is 1. The summed E-state index contributed by atoms with van der Waals surface area (Å²) in [5, 5.41) is 13.1. The normalized spacial score (nSPS) is 16.1. The summed E-state index contributed by atoms with van der Waals surface area (Å²) < 4.78 is 22.5. The lowest BCUT2D eigenvalue weighted by Crippen LogP contribution is -2.45. The van der Waals surface area contributed by atoms with Crippen molar-refractivity contribution in [3.8, 4) is 6.07 Å². The summed E-state index contributed by atoms with van der Waals surface area (Å²) in [5.74, 6) is 0.234. The van der Waals surface area contributed by atoms with Gasteiger partial charge < -0.3 is 14.6 Å². The van der Waals surface area contributed by atoms with Crippen LogP contribution in [-0.2, 0) is 24.7 Å². The molecule has 44 heavy (non-hydrogen) atoms. The highest BCUT2D eigenvalue weighted by Crippen LogP contribution is 2.27. The predicted molar refractivity (Wildman–Crippen MR) is 171 cm³/mol. The van der Waals surface area contributed by atoms with E-state index in [1.165, 1.54) is 22.4 Å². The quantitative estimate of drug-likeness (QED) is 0.322. The molecule has 2 aliphatic rings. The number of aryl methyl sites for hydroxylation is 1. The van der Waals surface area contributed by atoms with Gasteiger partial charge in [-0.25, -0.2) is 0 Å². The molecule has 0 unspecified atom stereocenters. The van der Waals surface area contributed by atoms with E-state index in [1.807, 2.05) is 36.4 Å². The molecule has 4 aromatic rings. The number of anilines is 1. The average molecular weight is 612 g/mol. The van der Waals surface area contributed by atoms with Crippen molar-refractivity contribution in [2.24, 2.45) is 0 Å². The maximum Gasteiger partial charge on any atom is 0.335 e. The second-order valence-corrected chi connectivity index (χ2v) is 11.6. The van der Waals surface area contributed by atoms with Crippen LogP contribution in [0, 0.1) is 18.3 Å². The first-order chi connectivity index (χ1) is 21.4. The van der Waals surface area contributed by atoms with E-state index in [9.17, 15) is 4.79 Å². The summed E-state index contributed by atoms with van der Waals surface area (Å²) in [6.45, 7) is 9.83. The highest BCUT2D eigenvalue weighted by atomic mass is 32.1. The molecule has 1 aromatic heterocycles. The number of benzene rings is 3. The van der Waals surface area contributed by atoms with Gasteiger partial charge in [0.25, 0.3) is 5.91 Å². The van der Waals surface area contributed by atoms with Crippen LogP contribution in [0.2, 0.25) is 0 Å². The van der Waals surface area contributed by atoms with E-state index in [0.717, 1.165) is 76.2 Å². The van der Waals surface area contributed by atoms with E-state index >= 15 is 0 Å². The lowest BCUT2D eigenvalue weighted by atomic mass is 10.0. The minimum atomic E-state index is -0.750. The number of hydrogen-bond acceptors (Lipinski definition) is 8. The largest absolute Gasteiger partial charge is 0.451 e. The van der Waals surface area contributed by atoms with E-state index in [0.29, 0.717) is 11.3 Å². The maximum absolute atomic E-state index is 13.0. The van der Waals surface area contributed by atoms with Crippen molar-refractivity contribution >= 4 is 34.1 Å². The zero-order valence-corrected chi connectivity index (χ0v) is 25.7. The molecule has 228 valence electrons. The Hall–Kier alpha value is -4.30. The zero-order chi connectivity index (χ0) is 30.9. The second-order valence-electron chi connectivity index (χ2n) is 11.5. The van der Waals surface area contributed by atoms with Gasteiger partial charge in [0.2, 0.25) is 0 Å². The topological polar surface area (TPSA) is 110 Å². The highest BCUT2D eigenvalue weighted by molar-refractivity contribution is 7.51. The number of nitriles is 1. The molecule has 2 aliphatic heterocycles. The van der Waals surface area contributed by atoms with Crippen molar-refractivity contribution < 1.29 is 17.6 Å². The Morgan fingerprint density at radius 1 is 0.864 bits per heavy atom. The van der Waals surface area contributed by atoms with Gasteiger partial charge in [0, 0.05) is 69.5 Å². The summed E-state index contributed by atoms with van der Waals surface area (Å²) in [4.78, 5) is 20.4. The van der Waals surface area contributed by atoms with Gasteiger partial charge in [-0.15, -0.1) is 0 Å². The third-order valence-corrected chi connectivity index (χ3v) is 8.40. The number of fused-ring (bicyclic) bond motifs is 1. The molecule has 9 nitrogen and oxygen atoms in total. The third-order valence-electron chi connectivity index (χ3n) is 8.40. The predicted octanol–water partition coefficient (Wildman–Crippen LogP) is 4.66. The van der Waals surface area contributed by atoms with Gasteiger partial charge in [-0.05, 0) is 67.3 Å². The summed E-state index contributed by atoms with van der Waals surface area (Å²) in [7, 11) is 0. The molecule has 3 heterocycles. The molecule has 1 N–H and O–H groups in total. The smallest absolute Gasteiger partial charge is 0.335 e. The van der Waals surface area contributed by atoms with E-state index in [2.05, 4.69) is 69.4 Å². The maximum atomic E-state index is 13.0. The Labute approximate surface area is 261 Å². The van der Waals surface area contributed by atoms with E-state index < -0.39 is 11.6 Å². The number of nitrogens with zero attached hydrogens (tertiary/aromatic N) is 4. The number of amides is 1. The molecule has 0 radical (unpaired) electrons. The number of piperazine rings is 1. The fourth-order valence-corrected chi connectivity index (χ4v) is 5.89. The van der Waals surface area contributed by atoms with Crippen LogP contribution in [0.3, 0.4) is 0 Å². The molecule has 10 heteroatoms. The number of rotatable bonds is 7. The number of carbonyl (C=O) groups excluding carboxylic acids is 1. The van der Waals surface area contributed by atoms with Gasteiger partial charge in [0.15, 0.2) is 5.76 Å². The van der Waals surface area contributed by atoms with Crippen molar-refractivity contribution in [1.29, 1.82) is 5.26 Å². The molecule has 3 aromatic carbocycles. The molecule has 0 spiro atoms. The van der Waals surface area contributed by atoms with Crippen LogP contribution in [0.15, 0.2) is 77.2 Å². The Balaban J connectivity index is 0.00000123. The Kier molecular flexibility index (Phi) is 10.6. The van der Waals surface area contributed by atoms with E-state index in [4.69, 9.17) is 18.1 Å². The third kappa shape index (κ3) is 8.20. The first-order valence-corrected chi connectivity index (χ1v) is 15.6. The van der Waals surface area contributed by atoms with Crippen molar-refractivity contribution in [2.45, 2.75) is 38.9 Å². The molecular weight excluding hydrogens is 574 g/mol. The monoisotopic (exact) mass is 611 g/mol. The molecule has 6 rings (SSSR count). The number of nitrogens with one attached hydrogen (secondary N) is 1. The van der Waals surface area contributed by atoms with Gasteiger partial charge in [0.05, 0.1) is 11.6 Å². The first-order valence-electron chi connectivity index (χ1n) is 14.9. The van der Waals surface area contributed by atoms with Crippen LogP contribution in [0.4, 0.5) is 5.69 Å². The fraction of sp³-hybridized carbons (Fsp3) is 0.353. The molecule has 0 bridgehead atoms. The molecule has 2 saturated heterocycles. The van der Waals surface area contributed by atoms with Gasteiger partial charge in [-0.2, -0.15) is 13.7 Å². The standard InChI is InChI=1S/C34H37N5O2.O2S/c1-25-2-4-27(5-3-25)24-38-16-18-39(19-17-38)31-10-11-32-29(20-31)21-33(41-32)34(40)36-30-12-14-37(15-13-30)23-28-8-6-26(22-35)7-9-28;1-3-2/h2-11,20-21,30H,12-19,23-24H2,1H3,(H,36,40);. The lowest BCUT2D eigenvalue weighted by molar-refractivity contribution is 0.0883. The number of furan rings is 1. The Bertz CT molecular complexity index is 1630.